The molecule has 1 fully saturated rings. The number of aliphatic hydroxyl groups excluding tert-OH is 1. The average molecular weight is 407 g/mol. The second kappa shape index (κ2) is 8.82. The standard InChI is InChI=1S/C17H26N4OS.2ClH/c1-11-12(2)23-16-14(11)15(19-13(20-16)5-8-18)21(3)9-17(10-22)6-4-7-17;;/h22H,4-10,18H2,1-3H3;2*1H. The number of nitrogens with zero attached hydrogens (tertiary/aromatic N) is 3. The van der Waals surface area contributed by atoms with Crippen molar-refractivity contribution in [2.45, 2.75) is 39.5 Å². The lowest BCUT2D eigenvalue weighted by Gasteiger charge is -2.43. The molecule has 3 N–H and O–H groups in total. The minimum atomic E-state index is 0. The van der Waals surface area contributed by atoms with Gasteiger partial charge in [-0.2, -0.15) is 0 Å². The Morgan fingerprint density at radius 1 is 1.24 bits per heavy atom. The first-order chi connectivity index (χ1) is 11.0. The predicted octanol–water partition coefficient (Wildman–Crippen LogP) is 3.25. The molecule has 142 valence electrons. The molecule has 0 radical (unpaired) electrons. The number of halogens is 2. The number of aliphatic hydroxyl groups is 1. The molecule has 0 amide bonds. The molecule has 3 rings (SSSR count). The molecule has 0 aliphatic heterocycles. The number of aryl methyl sites for hydroxylation is 2. The Morgan fingerprint density at radius 2 is 1.92 bits per heavy atom. The van der Waals surface area contributed by atoms with Crippen LogP contribution in [0.2, 0.25) is 0 Å². The molecule has 0 unspecified atom stereocenters. The highest BCUT2D eigenvalue weighted by Gasteiger charge is 2.38. The number of nitrogens with two attached hydrogens (primary N) is 1. The molecule has 8 heteroatoms. The Balaban J connectivity index is 0.00000156. The van der Waals surface area contributed by atoms with Crippen molar-refractivity contribution in [1.29, 1.82) is 0 Å². The van der Waals surface area contributed by atoms with Crippen LogP contribution in [0.3, 0.4) is 0 Å². The van der Waals surface area contributed by atoms with E-state index in [1.54, 1.807) is 11.3 Å². The van der Waals surface area contributed by atoms with Crippen LogP contribution in [-0.4, -0.2) is 41.8 Å². The van der Waals surface area contributed by atoms with Gasteiger partial charge in [0.2, 0.25) is 0 Å². The van der Waals surface area contributed by atoms with Gasteiger partial charge in [-0.15, -0.1) is 36.2 Å². The summed E-state index contributed by atoms with van der Waals surface area (Å²) in [7, 11) is 2.08. The van der Waals surface area contributed by atoms with Crippen LogP contribution in [-0.2, 0) is 6.42 Å². The van der Waals surface area contributed by atoms with Gasteiger partial charge in [0.15, 0.2) is 0 Å². The van der Waals surface area contributed by atoms with Gasteiger partial charge in [0.25, 0.3) is 0 Å². The lowest BCUT2D eigenvalue weighted by molar-refractivity contribution is 0.0523. The van der Waals surface area contributed by atoms with Crippen LogP contribution in [0.1, 0.15) is 35.5 Å². The molecular formula is C17H28Cl2N4OS. The van der Waals surface area contributed by atoms with Crippen molar-refractivity contribution >= 4 is 52.2 Å². The van der Waals surface area contributed by atoms with Gasteiger partial charge >= 0.3 is 0 Å². The van der Waals surface area contributed by atoms with E-state index in [0.29, 0.717) is 13.0 Å². The molecule has 2 heterocycles. The minimum Gasteiger partial charge on any atom is -0.396 e. The highest BCUT2D eigenvalue weighted by atomic mass is 35.5. The van der Waals surface area contributed by atoms with Crippen molar-refractivity contribution in [3.8, 4) is 0 Å². The lowest BCUT2D eigenvalue weighted by atomic mass is 9.69. The molecule has 1 aliphatic carbocycles. The lowest BCUT2D eigenvalue weighted by Crippen LogP contribution is -2.44. The van der Waals surface area contributed by atoms with Crippen molar-refractivity contribution in [2.75, 3.05) is 31.6 Å². The first kappa shape index (κ1) is 22.4. The third-order valence-corrected chi connectivity index (χ3v) is 6.21. The van der Waals surface area contributed by atoms with E-state index in [0.717, 1.165) is 41.2 Å². The SMILES string of the molecule is Cc1sc2nc(CCN)nc(N(C)CC3(CO)CCC3)c2c1C.Cl.Cl. The largest absolute Gasteiger partial charge is 0.396 e. The summed E-state index contributed by atoms with van der Waals surface area (Å²) in [5, 5.41) is 10.9. The molecule has 0 saturated heterocycles. The fourth-order valence-corrected chi connectivity index (χ4v) is 4.45. The van der Waals surface area contributed by atoms with Gasteiger partial charge in [-0.1, -0.05) is 6.42 Å². The summed E-state index contributed by atoms with van der Waals surface area (Å²) in [6.07, 6.45) is 4.10. The number of anilines is 1. The molecule has 0 atom stereocenters. The molecule has 5 nitrogen and oxygen atoms in total. The number of aromatic nitrogens is 2. The van der Waals surface area contributed by atoms with Crippen LogP contribution in [0.5, 0.6) is 0 Å². The molecule has 1 aliphatic rings. The topological polar surface area (TPSA) is 75.3 Å². The van der Waals surface area contributed by atoms with Crippen molar-refractivity contribution in [3.63, 3.8) is 0 Å². The first-order valence-electron chi connectivity index (χ1n) is 8.28. The zero-order valence-corrected chi connectivity index (χ0v) is 17.5. The van der Waals surface area contributed by atoms with Crippen LogP contribution in [0, 0.1) is 19.3 Å². The van der Waals surface area contributed by atoms with Gasteiger partial charge in [0, 0.05) is 30.3 Å². The van der Waals surface area contributed by atoms with Crippen LogP contribution in [0.15, 0.2) is 0 Å². The average Bonchev–Trinajstić information content (AvgIpc) is 2.77. The van der Waals surface area contributed by atoms with Crippen LogP contribution in [0.4, 0.5) is 5.82 Å². The van der Waals surface area contributed by atoms with Gasteiger partial charge in [-0.25, -0.2) is 9.97 Å². The second-order valence-corrected chi connectivity index (χ2v) is 8.04. The number of thiophene rings is 1. The molecule has 2 aromatic heterocycles. The van der Waals surface area contributed by atoms with Crippen molar-refractivity contribution < 1.29 is 5.11 Å². The van der Waals surface area contributed by atoms with E-state index in [1.807, 2.05) is 0 Å². The fraction of sp³-hybridized carbons (Fsp3) is 0.647. The molecule has 0 bridgehead atoms. The smallest absolute Gasteiger partial charge is 0.141 e. The van der Waals surface area contributed by atoms with Crippen LogP contribution < -0.4 is 10.6 Å². The summed E-state index contributed by atoms with van der Waals surface area (Å²) in [5.74, 6) is 1.80. The summed E-state index contributed by atoms with van der Waals surface area (Å²) in [6, 6.07) is 0. The number of hydrogen-bond donors (Lipinski definition) is 2. The van der Waals surface area contributed by atoms with Crippen molar-refractivity contribution in [1.82, 2.24) is 9.97 Å². The Morgan fingerprint density at radius 3 is 2.44 bits per heavy atom. The monoisotopic (exact) mass is 406 g/mol. The summed E-state index contributed by atoms with van der Waals surface area (Å²) < 4.78 is 0. The van der Waals surface area contributed by atoms with Gasteiger partial charge in [0.05, 0.1) is 12.0 Å². The third-order valence-electron chi connectivity index (χ3n) is 5.11. The highest BCUT2D eigenvalue weighted by Crippen LogP contribution is 2.42. The van der Waals surface area contributed by atoms with Gasteiger partial charge in [-0.3, -0.25) is 0 Å². The van der Waals surface area contributed by atoms with Crippen molar-refractivity contribution in [3.05, 3.63) is 16.3 Å². The number of fused-ring (bicyclic) bond motifs is 1. The Bertz CT molecular complexity index is 713. The molecule has 2 aromatic rings. The highest BCUT2D eigenvalue weighted by molar-refractivity contribution is 7.18. The summed E-state index contributed by atoms with van der Waals surface area (Å²) in [5.41, 5.74) is 7.00. The Kier molecular flexibility index (Phi) is 7.90. The number of rotatable bonds is 6. The van der Waals surface area contributed by atoms with E-state index in [9.17, 15) is 5.11 Å². The maximum Gasteiger partial charge on any atom is 0.141 e. The summed E-state index contributed by atoms with van der Waals surface area (Å²) in [6.45, 7) is 5.92. The Labute approximate surface area is 165 Å². The van der Waals surface area contributed by atoms with Crippen molar-refractivity contribution in [2.24, 2.45) is 11.1 Å². The molecule has 0 aromatic carbocycles. The molecular weight excluding hydrogens is 379 g/mol. The van der Waals surface area contributed by atoms with E-state index in [1.165, 1.54) is 16.9 Å². The zero-order chi connectivity index (χ0) is 16.6. The van der Waals surface area contributed by atoms with E-state index in [4.69, 9.17) is 15.7 Å². The van der Waals surface area contributed by atoms with E-state index in [-0.39, 0.29) is 36.8 Å². The third kappa shape index (κ3) is 4.19. The summed E-state index contributed by atoms with van der Waals surface area (Å²) >= 11 is 1.73. The van der Waals surface area contributed by atoms with Gasteiger partial charge < -0.3 is 15.7 Å². The van der Waals surface area contributed by atoms with Gasteiger partial charge in [0.1, 0.15) is 16.5 Å². The quantitative estimate of drug-likeness (QED) is 0.769. The van der Waals surface area contributed by atoms with Gasteiger partial charge in [-0.05, 0) is 38.8 Å². The Hall–Kier alpha value is -0.660. The molecule has 25 heavy (non-hydrogen) atoms. The number of hydrogen-bond acceptors (Lipinski definition) is 6. The zero-order valence-electron chi connectivity index (χ0n) is 15.0. The molecule has 1 saturated carbocycles. The van der Waals surface area contributed by atoms with E-state index < -0.39 is 0 Å². The van der Waals surface area contributed by atoms with E-state index in [2.05, 4.69) is 25.8 Å². The minimum absolute atomic E-state index is 0. The maximum atomic E-state index is 9.77. The van der Waals surface area contributed by atoms with Crippen LogP contribution >= 0.6 is 36.2 Å². The molecule has 0 spiro atoms. The first-order valence-corrected chi connectivity index (χ1v) is 9.10. The van der Waals surface area contributed by atoms with E-state index >= 15 is 0 Å². The van der Waals surface area contributed by atoms with Crippen LogP contribution in [0.25, 0.3) is 10.2 Å². The maximum absolute atomic E-state index is 9.77. The normalized spacial score (nSPS) is 15.2. The fourth-order valence-electron chi connectivity index (χ4n) is 3.41. The summed E-state index contributed by atoms with van der Waals surface area (Å²) in [4.78, 5) is 14.0. The second-order valence-electron chi connectivity index (χ2n) is 6.83. The predicted molar refractivity (Wildman–Crippen MR) is 111 cm³/mol.